The van der Waals surface area contributed by atoms with Gasteiger partial charge in [0.25, 0.3) is 0 Å². The molecular weight excluding hydrogens is 268 g/mol. The van der Waals surface area contributed by atoms with Crippen molar-refractivity contribution < 1.29 is 13.9 Å². The smallest absolute Gasteiger partial charge is 0.341 e. The van der Waals surface area contributed by atoms with Crippen LogP contribution in [0.1, 0.15) is 49.7 Å². The van der Waals surface area contributed by atoms with Crippen molar-refractivity contribution in [2.75, 3.05) is 19.7 Å². The maximum Gasteiger partial charge on any atom is 0.341 e. The summed E-state index contributed by atoms with van der Waals surface area (Å²) in [6.07, 6.45) is 3.76. The first-order valence-corrected chi connectivity index (χ1v) is 7.90. The topological polar surface area (TPSA) is 54.7 Å². The fourth-order valence-electron chi connectivity index (χ4n) is 2.84. The van der Waals surface area contributed by atoms with Crippen LogP contribution in [0, 0.1) is 0 Å². The Morgan fingerprint density at radius 1 is 1.43 bits per heavy atom. The Balaban J connectivity index is 2.08. The van der Waals surface area contributed by atoms with Gasteiger partial charge in [0.05, 0.1) is 19.4 Å². The van der Waals surface area contributed by atoms with Crippen molar-refractivity contribution in [3.05, 3.63) is 23.7 Å². The van der Waals surface area contributed by atoms with E-state index in [4.69, 9.17) is 9.15 Å². The highest BCUT2D eigenvalue weighted by atomic mass is 16.5. The number of esters is 1. The van der Waals surface area contributed by atoms with E-state index in [2.05, 4.69) is 24.1 Å². The molecule has 5 nitrogen and oxygen atoms in total. The van der Waals surface area contributed by atoms with Crippen molar-refractivity contribution in [2.45, 2.75) is 52.2 Å². The molecule has 1 aliphatic heterocycles. The number of hydrogen-bond donors (Lipinski definition) is 1. The quantitative estimate of drug-likeness (QED) is 0.817. The van der Waals surface area contributed by atoms with Gasteiger partial charge in [0.1, 0.15) is 11.3 Å². The van der Waals surface area contributed by atoms with Gasteiger partial charge in [0.15, 0.2) is 0 Å². The second-order valence-corrected chi connectivity index (χ2v) is 5.48. The van der Waals surface area contributed by atoms with Crippen LogP contribution in [0.2, 0.25) is 0 Å². The normalized spacial score (nSPS) is 23.2. The van der Waals surface area contributed by atoms with Crippen molar-refractivity contribution in [2.24, 2.45) is 0 Å². The summed E-state index contributed by atoms with van der Waals surface area (Å²) in [6.45, 7) is 9.22. The average molecular weight is 294 g/mol. The van der Waals surface area contributed by atoms with E-state index < -0.39 is 0 Å². The van der Waals surface area contributed by atoms with Crippen molar-refractivity contribution >= 4 is 5.97 Å². The van der Waals surface area contributed by atoms with Crippen LogP contribution in [0.5, 0.6) is 0 Å². The lowest BCUT2D eigenvalue weighted by molar-refractivity contribution is 0.0518. The van der Waals surface area contributed by atoms with E-state index in [0.717, 1.165) is 25.9 Å². The first-order valence-electron chi connectivity index (χ1n) is 7.90. The van der Waals surface area contributed by atoms with Crippen LogP contribution < -0.4 is 5.32 Å². The number of nitrogens with one attached hydrogen (secondary N) is 1. The standard InChI is InChI=1S/C16H26N2O3/c1-4-12-10-18(13(5-2)9-17-12)11-15-14(7-8-21-15)16(19)20-6-3/h7-8,12-13,17H,4-6,9-11H2,1-3H3. The molecule has 0 aliphatic carbocycles. The Labute approximate surface area is 126 Å². The Morgan fingerprint density at radius 2 is 2.24 bits per heavy atom. The summed E-state index contributed by atoms with van der Waals surface area (Å²) in [4.78, 5) is 14.3. The Morgan fingerprint density at radius 3 is 2.90 bits per heavy atom. The predicted octanol–water partition coefficient (Wildman–Crippen LogP) is 2.42. The number of hydrogen-bond acceptors (Lipinski definition) is 5. The SMILES string of the molecule is CCOC(=O)c1ccoc1CN1CC(CC)NCC1CC. The summed E-state index contributed by atoms with van der Waals surface area (Å²) in [5.41, 5.74) is 0.554. The minimum Gasteiger partial charge on any atom is -0.467 e. The molecule has 2 heterocycles. The summed E-state index contributed by atoms with van der Waals surface area (Å²) < 4.78 is 10.6. The van der Waals surface area contributed by atoms with Crippen LogP contribution in [0.3, 0.4) is 0 Å². The molecule has 0 bridgehead atoms. The highest BCUT2D eigenvalue weighted by Crippen LogP contribution is 2.20. The minimum atomic E-state index is -0.295. The van der Waals surface area contributed by atoms with Gasteiger partial charge in [0.2, 0.25) is 0 Å². The van der Waals surface area contributed by atoms with Crippen molar-refractivity contribution in [3.63, 3.8) is 0 Å². The molecule has 21 heavy (non-hydrogen) atoms. The molecule has 1 saturated heterocycles. The van der Waals surface area contributed by atoms with Crippen LogP contribution in [0.15, 0.2) is 16.7 Å². The van der Waals surface area contributed by atoms with Crippen molar-refractivity contribution in [1.82, 2.24) is 10.2 Å². The maximum atomic E-state index is 11.9. The molecule has 0 saturated carbocycles. The third-order valence-electron chi connectivity index (χ3n) is 4.16. The lowest BCUT2D eigenvalue weighted by Gasteiger charge is -2.39. The van der Waals surface area contributed by atoms with Gasteiger partial charge in [-0.15, -0.1) is 0 Å². The maximum absolute atomic E-state index is 11.9. The van der Waals surface area contributed by atoms with Gasteiger partial charge in [-0.25, -0.2) is 4.79 Å². The molecule has 0 radical (unpaired) electrons. The van der Waals surface area contributed by atoms with Gasteiger partial charge in [0, 0.05) is 25.2 Å². The van der Waals surface area contributed by atoms with Gasteiger partial charge >= 0.3 is 5.97 Å². The average Bonchev–Trinajstić information content (AvgIpc) is 2.95. The summed E-state index contributed by atoms with van der Waals surface area (Å²) in [5, 5.41) is 3.57. The van der Waals surface area contributed by atoms with Crippen LogP contribution in [0.4, 0.5) is 0 Å². The second-order valence-electron chi connectivity index (χ2n) is 5.48. The molecule has 5 heteroatoms. The molecule has 0 spiro atoms. The first-order chi connectivity index (χ1) is 10.2. The summed E-state index contributed by atoms with van der Waals surface area (Å²) in [6, 6.07) is 2.69. The van der Waals surface area contributed by atoms with Crippen LogP contribution >= 0.6 is 0 Å². The van der Waals surface area contributed by atoms with E-state index in [1.807, 2.05) is 6.92 Å². The molecule has 0 amide bonds. The Hall–Kier alpha value is -1.33. The predicted molar refractivity (Wildman–Crippen MR) is 81.2 cm³/mol. The number of piperazine rings is 1. The molecule has 118 valence electrons. The lowest BCUT2D eigenvalue weighted by atomic mass is 10.0. The van der Waals surface area contributed by atoms with Crippen LogP contribution in [0.25, 0.3) is 0 Å². The number of furan rings is 1. The van der Waals surface area contributed by atoms with Gasteiger partial charge in [-0.2, -0.15) is 0 Å². The zero-order valence-electron chi connectivity index (χ0n) is 13.2. The van der Waals surface area contributed by atoms with Crippen molar-refractivity contribution in [3.8, 4) is 0 Å². The fourth-order valence-corrected chi connectivity index (χ4v) is 2.84. The van der Waals surface area contributed by atoms with E-state index in [1.54, 1.807) is 12.3 Å². The number of carbonyl (C=O) groups excluding carboxylic acids is 1. The third-order valence-corrected chi connectivity index (χ3v) is 4.16. The minimum absolute atomic E-state index is 0.295. The van der Waals surface area contributed by atoms with Gasteiger partial charge in [-0.1, -0.05) is 13.8 Å². The largest absolute Gasteiger partial charge is 0.467 e. The molecule has 2 rings (SSSR count). The van der Waals surface area contributed by atoms with Crippen LogP contribution in [-0.2, 0) is 11.3 Å². The number of rotatable bonds is 6. The Kier molecular flexibility index (Phi) is 5.82. The zero-order valence-corrected chi connectivity index (χ0v) is 13.2. The highest BCUT2D eigenvalue weighted by molar-refractivity contribution is 5.90. The third kappa shape index (κ3) is 3.86. The molecule has 1 aromatic rings. The molecular formula is C16H26N2O3. The highest BCUT2D eigenvalue weighted by Gasteiger charge is 2.28. The van der Waals surface area contributed by atoms with E-state index in [-0.39, 0.29) is 5.97 Å². The summed E-state index contributed by atoms with van der Waals surface area (Å²) in [5.74, 6) is 0.417. The monoisotopic (exact) mass is 294 g/mol. The van der Waals surface area contributed by atoms with E-state index in [9.17, 15) is 4.79 Å². The lowest BCUT2D eigenvalue weighted by Crippen LogP contribution is -2.55. The van der Waals surface area contributed by atoms with Crippen molar-refractivity contribution in [1.29, 1.82) is 0 Å². The van der Waals surface area contributed by atoms with E-state index >= 15 is 0 Å². The molecule has 0 aromatic carbocycles. The van der Waals surface area contributed by atoms with E-state index in [0.29, 0.717) is 36.6 Å². The Bertz CT molecular complexity index is 458. The first kappa shape index (κ1) is 16.0. The fraction of sp³-hybridized carbons (Fsp3) is 0.688. The molecule has 1 aromatic heterocycles. The second kappa shape index (κ2) is 7.61. The summed E-state index contributed by atoms with van der Waals surface area (Å²) >= 11 is 0. The van der Waals surface area contributed by atoms with E-state index in [1.165, 1.54) is 0 Å². The van der Waals surface area contributed by atoms with Gasteiger partial charge in [-0.05, 0) is 25.8 Å². The molecule has 1 fully saturated rings. The van der Waals surface area contributed by atoms with Gasteiger partial charge in [-0.3, -0.25) is 4.90 Å². The number of nitrogens with zero attached hydrogens (tertiary/aromatic N) is 1. The van der Waals surface area contributed by atoms with Crippen LogP contribution in [-0.4, -0.2) is 42.6 Å². The number of ether oxygens (including phenoxy) is 1. The molecule has 1 aliphatic rings. The molecule has 1 N–H and O–H groups in total. The molecule has 2 unspecified atom stereocenters. The van der Waals surface area contributed by atoms with Gasteiger partial charge < -0.3 is 14.5 Å². The zero-order chi connectivity index (χ0) is 15.2. The molecule has 2 atom stereocenters. The number of carbonyl (C=O) groups is 1. The summed E-state index contributed by atoms with van der Waals surface area (Å²) in [7, 11) is 0.